The van der Waals surface area contributed by atoms with Gasteiger partial charge in [-0.15, -0.1) is 0 Å². The van der Waals surface area contributed by atoms with Crippen LogP contribution in [0.1, 0.15) is 57.4 Å². The van der Waals surface area contributed by atoms with Crippen LogP contribution in [0.5, 0.6) is 0 Å². The van der Waals surface area contributed by atoms with Gasteiger partial charge in [-0.2, -0.15) is 0 Å². The molecule has 2 amide bonds. The minimum Gasteiger partial charge on any atom is -0.388 e. The van der Waals surface area contributed by atoms with Crippen molar-refractivity contribution < 1.29 is 14.6 Å². The monoisotopic (exact) mass is 522 g/mol. The maximum Gasteiger partial charge on any atom is 0.324 e. The molecule has 2 aliphatic heterocycles. The quantitative estimate of drug-likeness (QED) is 0.442. The number of guanidine groups is 1. The van der Waals surface area contributed by atoms with E-state index < -0.39 is 5.60 Å². The van der Waals surface area contributed by atoms with Gasteiger partial charge in [-0.25, -0.2) is 14.8 Å². The van der Waals surface area contributed by atoms with Gasteiger partial charge in [0.1, 0.15) is 0 Å². The van der Waals surface area contributed by atoms with Gasteiger partial charge in [0.15, 0.2) is 0 Å². The number of urea groups is 1. The Labute approximate surface area is 226 Å². The highest BCUT2D eigenvalue weighted by molar-refractivity contribution is 5.85. The van der Waals surface area contributed by atoms with E-state index in [1.165, 1.54) is 5.56 Å². The van der Waals surface area contributed by atoms with Crippen LogP contribution in [-0.2, 0) is 10.3 Å². The molecular formula is C29H42N6O3. The summed E-state index contributed by atoms with van der Waals surface area (Å²) in [7, 11) is 2.04. The Bertz CT molecular complexity index is 1070. The molecule has 2 N–H and O–H groups in total. The van der Waals surface area contributed by atoms with Crippen LogP contribution in [0, 0.1) is 0 Å². The number of hydrogen-bond acceptors (Lipinski definition) is 5. The summed E-state index contributed by atoms with van der Waals surface area (Å²) in [4.78, 5) is 28.5. The van der Waals surface area contributed by atoms with Crippen LogP contribution in [0.25, 0.3) is 0 Å². The molecule has 0 aromatic heterocycles. The summed E-state index contributed by atoms with van der Waals surface area (Å²) in [6.07, 6.45) is 7.83. The third kappa shape index (κ3) is 4.99. The Kier molecular flexibility index (Phi) is 7.62. The average molecular weight is 523 g/mol. The van der Waals surface area contributed by atoms with Crippen molar-refractivity contribution in [1.82, 2.24) is 20.0 Å². The molecule has 0 atom stereocenters. The summed E-state index contributed by atoms with van der Waals surface area (Å²) >= 11 is 0. The first-order valence-corrected chi connectivity index (χ1v) is 13.9. The predicted octanol–water partition coefficient (Wildman–Crippen LogP) is 3.32. The summed E-state index contributed by atoms with van der Waals surface area (Å²) in [5, 5.41) is 14.7. The second-order valence-electron chi connectivity index (χ2n) is 11.4. The molecule has 5 rings (SSSR count). The zero-order valence-corrected chi connectivity index (χ0v) is 22.9. The van der Waals surface area contributed by atoms with E-state index in [2.05, 4.69) is 52.4 Å². The molecular weight excluding hydrogens is 480 g/mol. The normalized spacial score (nSPS) is 30.1. The Morgan fingerprint density at radius 1 is 1.13 bits per heavy atom. The fourth-order valence-electron chi connectivity index (χ4n) is 6.56. The molecule has 9 heteroatoms. The lowest BCUT2D eigenvalue weighted by molar-refractivity contribution is -0.0690. The zero-order valence-electron chi connectivity index (χ0n) is 22.9. The maximum absolute atomic E-state index is 13.9. The Balaban J connectivity index is 1.39. The minimum atomic E-state index is -0.776. The molecule has 0 bridgehead atoms. The number of benzene rings is 1. The van der Waals surface area contributed by atoms with Crippen molar-refractivity contribution in [2.45, 2.75) is 68.5 Å². The predicted molar refractivity (Wildman–Crippen MR) is 149 cm³/mol. The fourth-order valence-corrected chi connectivity index (χ4v) is 6.56. The molecule has 2 heterocycles. The lowest BCUT2D eigenvalue weighted by Gasteiger charge is -2.50. The molecule has 2 aliphatic carbocycles. The second kappa shape index (κ2) is 10.8. The van der Waals surface area contributed by atoms with Crippen LogP contribution in [0.2, 0.25) is 0 Å². The average Bonchev–Trinajstić information content (AvgIpc) is 3.20. The fraction of sp³-hybridized carbons (Fsp3) is 0.621. The largest absolute Gasteiger partial charge is 0.388 e. The SMILES string of the molecule is C=NC(=N/C=C(\C)N1CC2(CCC(NC)(c3ccccc3)CC2)N(CC2(O)CCC2)C1=O)N1CCOCC1. The van der Waals surface area contributed by atoms with E-state index in [-0.39, 0.29) is 17.1 Å². The van der Waals surface area contributed by atoms with Gasteiger partial charge >= 0.3 is 6.03 Å². The molecule has 0 radical (unpaired) electrons. The summed E-state index contributed by atoms with van der Waals surface area (Å²) in [5.74, 6) is 0.550. The number of carbonyl (C=O) groups is 1. The van der Waals surface area contributed by atoms with Gasteiger partial charge in [0.2, 0.25) is 5.96 Å². The summed E-state index contributed by atoms with van der Waals surface area (Å²) in [6.45, 7) is 9.34. The van der Waals surface area contributed by atoms with E-state index in [4.69, 9.17) is 4.74 Å². The van der Waals surface area contributed by atoms with Crippen LogP contribution in [0.4, 0.5) is 4.79 Å². The van der Waals surface area contributed by atoms with E-state index in [0.717, 1.165) is 63.7 Å². The highest BCUT2D eigenvalue weighted by atomic mass is 16.5. The topological polar surface area (TPSA) is 93.0 Å². The highest BCUT2D eigenvalue weighted by Crippen LogP contribution is 2.48. The molecule has 2 saturated heterocycles. The number of aliphatic hydroxyl groups is 1. The number of nitrogens with zero attached hydrogens (tertiary/aromatic N) is 5. The third-order valence-electron chi connectivity index (χ3n) is 9.29. The van der Waals surface area contributed by atoms with E-state index in [1.807, 2.05) is 28.7 Å². The Morgan fingerprint density at radius 3 is 2.39 bits per heavy atom. The lowest BCUT2D eigenvalue weighted by atomic mass is 9.68. The number of nitrogens with one attached hydrogen (secondary N) is 1. The number of allylic oxidation sites excluding steroid dienone is 1. The van der Waals surface area contributed by atoms with Crippen molar-refractivity contribution in [3.63, 3.8) is 0 Å². The molecule has 1 aromatic carbocycles. The van der Waals surface area contributed by atoms with Crippen molar-refractivity contribution in [3.05, 3.63) is 47.8 Å². The maximum atomic E-state index is 13.9. The Hall–Kier alpha value is -2.75. The molecule has 0 unspecified atom stereocenters. The number of ether oxygens (including phenoxy) is 1. The zero-order chi connectivity index (χ0) is 26.8. The van der Waals surface area contributed by atoms with Crippen molar-refractivity contribution in [1.29, 1.82) is 0 Å². The van der Waals surface area contributed by atoms with Crippen LogP contribution in [0.15, 0.2) is 52.2 Å². The first-order valence-electron chi connectivity index (χ1n) is 13.9. The molecule has 2 saturated carbocycles. The lowest BCUT2D eigenvalue weighted by Crippen LogP contribution is -2.59. The first kappa shape index (κ1) is 26.8. The molecule has 4 aliphatic rings. The molecule has 1 spiro atoms. The molecule has 206 valence electrons. The number of β-amino-alcohol motifs (C(OH)–C–C–N with tert-alkyl or cyclic N) is 1. The first-order chi connectivity index (χ1) is 18.3. The van der Waals surface area contributed by atoms with Crippen LogP contribution in [-0.4, -0.2) is 96.1 Å². The van der Waals surface area contributed by atoms with Crippen molar-refractivity contribution in [3.8, 4) is 0 Å². The number of morpholine rings is 1. The number of rotatable bonds is 6. The van der Waals surface area contributed by atoms with Crippen molar-refractivity contribution in [2.24, 2.45) is 9.98 Å². The second-order valence-corrected chi connectivity index (χ2v) is 11.4. The van der Waals surface area contributed by atoms with Crippen LogP contribution >= 0.6 is 0 Å². The number of aliphatic imine (C=N–C) groups is 2. The Morgan fingerprint density at radius 2 is 1.82 bits per heavy atom. The van der Waals surface area contributed by atoms with Gasteiger partial charge in [-0.1, -0.05) is 30.3 Å². The highest BCUT2D eigenvalue weighted by Gasteiger charge is 2.56. The van der Waals surface area contributed by atoms with E-state index in [9.17, 15) is 9.90 Å². The van der Waals surface area contributed by atoms with Gasteiger partial charge in [0.25, 0.3) is 0 Å². The van der Waals surface area contributed by atoms with E-state index >= 15 is 0 Å². The summed E-state index contributed by atoms with van der Waals surface area (Å²) < 4.78 is 5.44. The molecule has 9 nitrogen and oxygen atoms in total. The van der Waals surface area contributed by atoms with Gasteiger partial charge in [0.05, 0.1) is 43.6 Å². The van der Waals surface area contributed by atoms with Gasteiger partial charge in [0, 0.05) is 24.3 Å². The van der Waals surface area contributed by atoms with Crippen LogP contribution < -0.4 is 5.32 Å². The molecule has 1 aromatic rings. The van der Waals surface area contributed by atoms with E-state index in [1.54, 1.807) is 6.20 Å². The molecule has 4 fully saturated rings. The number of amides is 2. The summed E-state index contributed by atoms with van der Waals surface area (Å²) in [6, 6.07) is 10.6. The smallest absolute Gasteiger partial charge is 0.324 e. The van der Waals surface area contributed by atoms with Gasteiger partial charge < -0.3 is 25.0 Å². The van der Waals surface area contributed by atoms with Gasteiger partial charge in [-0.3, -0.25) is 4.90 Å². The van der Waals surface area contributed by atoms with Crippen molar-refractivity contribution in [2.75, 3.05) is 46.4 Å². The number of hydrogen-bond donors (Lipinski definition) is 2. The molecule has 38 heavy (non-hydrogen) atoms. The standard InChI is InChI=1S/C29H42N6O3/c1-23(20-32-25(30-2)33-16-18-38-19-17-33)34-21-27(35(26(34)36)22-28(37)10-7-11-28)12-14-29(31-3,15-13-27)24-8-5-4-6-9-24/h4-6,8-9,20,31,37H,2,7,10-19,21-22H2,1,3H3/b23-20+,32-25?. The van der Waals surface area contributed by atoms with E-state index in [0.29, 0.717) is 32.3 Å². The van der Waals surface area contributed by atoms with Gasteiger partial charge in [-0.05, 0) is 71.2 Å². The van der Waals surface area contributed by atoms with Crippen LogP contribution in [0.3, 0.4) is 0 Å². The minimum absolute atomic E-state index is 0.0366. The number of carbonyl (C=O) groups excluding carboxylic acids is 1. The third-order valence-corrected chi connectivity index (χ3v) is 9.29. The van der Waals surface area contributed by atoms with Crippen molar-refractivity contribution >= 4 is 18.7 Å². The summed E-state index contributed by atoms with van der Waals surface area (Å²) in [5.41, 5.74) is 0.864.